The number of carbonyl (C=O) groups is 3. The van der Waals surface area contributed by atoms with Crippen LogP contribution in [0.2, 0.25) is 0 Å². The number of ether oxygens (including phenoxy) is 2. The summed E-state index contributed by atoms with van der Waals surface area (Å²) in [6.45, 7) is 15.5. The van der Waals surface area contributed by atoms with Gasteiger partial charge in [0.15, 0.2) is 0 Å². The van der Waals surface area contributed by atoms with Crippen LogP contribution in [0.1, 0.15) is 68.2 Å². The SMILES string of the molecule is C/C=C(/C)C(=O)O[C@@H]1C[C@@H](OC(=O)/C(C)=C\C)[C@]2(C)[C@@H]3[C@@H]([C@H]2C(=O)C[C@H]3C)C1(C)C. The van der Waals surface area contributed by atoms with E-state index in [0.29, 0.717) is 24.0 Å². The summed E-state index contributed by atoms with van der Waals surface area (Å²) < 4.78 is 12.0. The van der Waals surface area contributed by atoms with Crippen molar-refractivity contribution >= 4 is 17.7 Å². The van der Waals surface area contributed by atoms with Crippen LogP contribution < -0.4 is 0 Å². The molecule has 30 heavy (non-hydrogen) atoms. The van der Waals surface area contributed by atoms with Crippen LogP contribution in [0.5, 0.6) is 0 Å². The Labute approximate surface area is 180 Å². The number of hydrogen-bond acceptors (Lipinski definition) is 5. The molecule has 0 aliphatic heterocycles. The molecule has 0 aromatic rings. The van der Waals surface area contributed by atoms with Crippen LogP contribution in [-0.2, 0) is 23.9 Å². The Hall–Kier alpha value is -1.91. The molecule has 4 rings (SSSR count). The molecule has 0 aromatic heterocycles. The lowest BCUT2D eigenvalue weighted by Crippen LogP contribution is -2.70. The molecule has 0 radical (unpaired) electrons. The minimum atomic E-state index is -0.469. The van der Waals surface area contributed by atoms with Crippen molar-refractivity contribution in [1.29, 1.82) is 0 Å². The summed E-state index contributed by atoms with van der Waals surface area (Å²) in [5.41, 5.74) is 0.286. The zero-order valence-corrected chi connectivity index (χ0v) is 19.6. The number of esters is 2. The lowest BCUT2D eigenvalue weighted by Gasteiger charge is -2.68. The zero-order chi connectivity index (χ0) is 22.6. The second-order valence-corrected chi connectivity index (χ2v) is 10.3. The molecule has 0 amide bonds. The second-order valence-electron chi connectivity index (χ2n) is 10.3. The summed E-state index contributed by atoms with van der Waals surface area (Å²) >= 11 is 0. The van der Waals surface area contributed by atoms with Gasteiger partial charge in [-0.3, -0.25) is 4.79 Å². The van der Waals surface area contributed by atoms with Crippen molar-refractivity contribution in [2.24, 2.45) is 34.5 Å². The minimum absolute atomic E-state index is 0.119. The van der Waals surface area contributed by atoms with Crippen molar-refractivity contribution in [3.8, 4) is 0 Å². The maximum absolute atomic E-state index is 13.1. The highest BCUT2D eigenvalue weighted by Gasteiger charge is 2.75. The van der Waals surface area contributed by atoms with Gasteiger partial charge in [0.1, 0.15) is 18.0 Å². The number of Topliss-reactive ketones (excluding diaryl/α,β-unsaturated/α-hetero) is 1. The van der Waals surface area contributed by atoms with Crippen LogP contribution in [0.15, 0.2) is 23.3 Å². The maximum atomic E-state index is 13.1. The lowest BCUT2D eigenvalue weighted by atomic mass is 9.35. The first-order valence-corrected chi connectivity index (χ1v) is 11.1. The maximum Gasteiger partial charge on any atom is 0.333 e. The third-order valence-electron chi connectivity index (χ3n) is 8.44. The average Bonchev–Trinajstić information content (AvgIpc) is 2.78. The van der Waals surface area contributed by atoms with E-state index in [9.17, 15) is 14.4 Å². The van der Waals surface area contributed by atoms with Crippen molar-refractivity contribution in [1.82, 2.24) is 0 Å². The largest absolute Gasteiger partial charge is 0.458 e. The smallest absolute Gasteiger partial charge is 0.333 e. The third-order valence-corrected chi connectivity index (χ3v) is 8.44. The topological polar surface area (TPSA) is 69.7 Å². The summed E-state index contributed by atoms with van der Waals surface area (Å²) in [5, 5.41) is 0. The molecule has 0 saturated heterocycles. The van der Waals surface area contributed by atoms with Crippen molar-refractivity contribution in [2.75, 3.05) is 0 Å². The van der Waals surface area contributed by atoms with E-state index in [1.807, 2.05) is 6.92 Å². The van der Waals surface area contributed by atoms with Gasteiger partial charge in [0, 0.05) is 40.7 Å². The molecule has 4 bridgehead atoms. The Morgan fingerprint density at radius 1 is 0.933 bits per heavy atom. The monoisotopic (exact) mass is 416 g/mol. The van der Waals surface area contributed by atoms with Crippen molar-refractivity contribution < 1.29 is 23.9 Å². The van der Waals surface area contributed by atoms with Gasteiger partial charge in [-0.2, -0.15) is 0 Å². The molecule has 4 saturated carbocycles. The van der Waals surface area contributed by atoms with Gasteiger partial charge in [0.05, 0.1) is 0 Å². The highest BCUT2D eigenvalue weighted by Crippen LogP contribution is 2.73. The molecule has 0 heterocycles. The molecule has 5 nitrogen and oxygen atoms in total. The van der Waals surface area contributed by atoms with E-state index >= 15 is 0 Å². The molecule has 4 fully saturated rings. The minimum Gasteiger partial charge on any atom is -0.458 e. The van der Waals surface area contributed by atoms with E-state index in [1.165, 1.54) is 0 Å². The Bertz CT molecular complexity index is 819. The molecule has 0 unspecified atom stereocenters. The molecule has 5 heteroatoms. The standard InChI is InChI=1S/C25H36O5/c1-9-13(3)22(27)29-17-12-18(30-23(28)14(4)10-2)25(8)19-15(5)11-16(26)20(25)21(19)24(17,6)7/h9-10,15,17-21H,11-12H2,1-8H3/b13-9-,14-10-/t15-,17-,18-,19+,20-,21+,25-/m1/s1. The second kappa shape index (κ2) is 7.65. The van der Waals surface area contributed by atoms with Crippen LogP contribution in [-0.4, -0.2) is 29.9 Å². The fourth-order valence-corrected chi connectivity index (χ4v) is 6.48. The van der Waals surface area contributed by atoms with Crippen LogP contribution in [0.3, 0.4) is 0 Å². The van der Waals surface area contributed by atoms with E-state index in [1.54, 1.807) is 32.9 Å². The van der Waals surface area contributed by atoms with Crippen LogP contribution in [0, 0.1) is 34.5 Å². The van der Waals surface area contributed by atoms with Crippen LogP contribution in [0.25, 0.3) is 0 Å². The Balaban J connectivity index is 2.05. The zero-order valence-electron chi connectivity index (χ0n) is 19.6. The normalized spacial score (nSPS) is 40.2. The van der Waals surface area contributed by atoms with E-state index in [2.05, 4.69) is 27.7 Å². The van der Waals surface area contributed by atoms with Gasteiger partial charge >= 0.3 is 11.9 Å². The number of ketones is 1. The van der Waals surface area contributed by atoms with Gasteiger partial charge in [-0.25, -0.2) is 9.59 Å². The Morgan fingerprint density at radius 3 is 1.90 bits per heavy atom. The first kappa shape index (κ1) is 22.8. The summed E-state index contributed by atoms with van der Waals surface area (Å²) in [5.74, 6) is -0.0271. The Kier molecular flexibility index (Phi) is 5.81. The summed E-state index contributed by atoms with van der Waals surface area (Å²) in [6, 6.07) is 0. The van der Waals surface area contributed by atoms with Crippen molar-refractivity contribution in [3.63, 3.8) is 0 Å². The molecule has 0 spiro atoms. The van der Waals surface area contributed by atoms with E-state index in [0.717, 1.165) is 0 Å². The Morgan fingerprint density at radius 2 is 1.43 bits per heavy atom. The third kappa shape index (κ3) is 3.16. The fraction of sp³-hybridized carbons (Fsp3) is 0.720. The molecule has 0 aromatic carbocycles. The van der Waals surface area contributed by atoms with Gasteiger partial charge in [-0.15, -0.1) is 0 Å². The van der Waals surface area contributed by atoms with Crippen molar-refractivity contribution in [3.05, 3.63) is 23.3 Å². The molecule has 4 aliphatic carbocycles. The van der Waals surface area contributed by atoms with Gasteiger partial charge in [-0.05, 0) is 45.4 Å². The average molecular weight is 417 g/mol. The van der Waals surface area contributed by atoms with Gasteiger partial charge < -0.3 is 9.47 Å². The van der Waals surface area contributed by atoms with Crippen LogP contribution >= 0.6 is 0 Å². The van der Waals surface area contributed by atoms with Gasteiger partial charge in [0.25, 0.3) is 0 Å². The number of allylic oxidation sites excluding steroid dienone is 2. The number of hydrogen-bond donors (Lipinski definition) is 0. The van der Waals surface area contributed by atoms with E-state index < -0.39 is 17.6 Å². The first-order valence-electron chi connectivity index (χ1n) is 11.1. The summed E-state index contributed by atoms with van der Waals surface area (Å²) in [4.78, 5) is 38.5. The molecule has 7 atom stereocenters. The fourth-order valence-electron chi connectivity index (χ4n) is 6.48. The quantitative estimate of drug-likeness (QED) is 0.493. The van der Waals surface area contributed by atoms with Gasteiger partial charge in [-0.1, -0.05) is 39.8 Å². The number of rotatable bonds is 4. The molecule has 4 aliphatic rings. The van der Waals surface area contributed by atoms with Crippen molar-refractivity contribution in [2.45, 2.75) is 80.4 Å². The number of carbonyl (C=O) groups excluding carboxylic acids is 3. The lowest BCUT2D eigenvalue weighted by molar-refractivity contribution is -0.237. The first-order chi connectivity index (χ1) is 13.9. The molecule has 0 N–H and O–H groups in total. The van der Waals surface area contributed by atoms with E-state index in [4.69, 9.17) is 9.47 Å². The number of fused-ring (bicyclic) bond motifs is 3. The van der Waals surface area contributed by atoms with E-state index in [-0.39, 0.29) is 46.8 Å². The van der Waals surface area contributed by atoms with Crippen LogP contribution in [0.4, 0.5) is 0 Å². The summed E-state index contributed by atoms with van der Waals surface area (Å²) in [7, 11) is 0. The summed E-state index contributed by atoms with van der Waals surface area (Å²) in [6.07, 6.45) is 3.56. The predicted molar refractivity (Wildman–Crippen MR) is 114 cm³/mol. The molecular weight excluding hydrogens is 380 g/mol. The van der Waals surface area contributed by atoms with Gasteiger partial charge in [0.2, 0.25) is 0 Å². The predicted octanol–water partition coefficient (Wildman–Crippen LogP) is 4.65. The highest BCUT2D eigenvalue weighted by atomic mass is 16.6. The highest BCUT2D eigenvalue weighted by molar-refractivity contribution is 5.89. The molecule has 166 valence electrons. The molecular formula is C25H36O5.